The van der Waals surface area contributed by atoms with Gasteiger partial charge in [-0.05, 0) is 24.8 Å². The Bertz CT molecular complexity index is 229. The third-order valence-electron chi connectivity index (χ3n) is 2.27. The molecule has 5 nitrogen and oxygen atoms in total. The van der Waals surface area contributed by atoms with Crippen LogP contribution in [0.3, 0.4) is 0 Å². The fourth-order valence-corrected chi connectivity index (χ4v) is 1.57. The Kier molecular flexibility index (Phi) is 7.54. The zero-order chi connectivity index (χ0) is 12.6. The molecule has 16 heavy (non-hydrogen) atoms. The summed E-state index contributed by atoms with van der Waals surface area (Å²) < 4.78 is 0. The van der Waals surface area contributed by atoms with Gasteiger partial charge in [0.05, 0.1) is 6.42 Å². The number of carbonyl (C=O) groups is 2. The van der Waals surface area contributed by atoms with Gasteiger partial charge in [0.2, 0.25) is 5.91 Å². The summed E-state index contributed by atoms with van der Waals surface area (Å²) in [5.41, 5.74) is 5.57. The highest BCUT2D eigenvalue weighted by Crippen LogP contribution is 2.13. The number of hydrogen-bond donors (Lipinski definition) is 3. The minimum Gasteiger partial charge on any atom is -0.481 e. The Morgan fingerprint density at radius 3 is 2.44 bits per heavy atom. The third-order valence-corrected chi connectivity index (χ3v) is 2.27. The zero-order valence-corrected chi connectivity index (χ0v) is 10.0. The Labute approximate surface area is 96.4 Å². The maximum absolute atomic E-state index is 11.4. The average molecular weight is 230 g/mol. The van der Waals surface area contributed by atoms with E-state index in [0.717, 1.165) is 6.42 Å². The second kappa shape index (κ2) is 8.10. The molecule has 0 heterocycles. The van der Waals surface area contributed by atoms with E-state index < -0.39 is 5.97 Å². The fourth-order valence-electron chi connectivity index (χ4n) is 1.57. The van der Waals surface area contributed by atoms with E-state index in [0.29, 0.717) is 18.9 Å². The lowest BCUT2D eigenvalue weighted by molar-refractivity contribution is -0.136. The van der Waals surface area contributed by atoms with Crippen LogP contribution in [-0.4, -0.2) is 30.1 Å². The molecule has 94 valence electrons. The van der Waals surface area contributed by atoms with Gasteiger partial charge in [0.1, 0.15) is 0 Å². The number of nitrogens with two attached hydrogens (primary N) is 1. The highest BCUT2D eigenvalue weighted by molar-refractivity contribution is 5.77. The zero-order valence-electron chi connectivity index (χ0n) is 10.0. The van der Waals surface area contributed by atoms with Crippen LogP contribution in [0.25, 0.3) is 0 Å². The van der Waals surface area contributed by atoms with E-state index in [1.165, 1.54) is 0 Å². The first-order valence-electron chi connectivity index (χ1n) is 5.64. The molecule has 0 aliphatic rings. The molecule has 0 bridgehead atoms. The lowest BCUT2D eigenvalue weighted by atomic mass is 9.94. The van der Waals surface area contributed by atoms with E-state index in [1.54, 1.807) is 0 Å². The van der Waals surface area contributed by atoms with Crippen molar-refractivity contribution in [3.8, 4) is 0 Å². The molecule has 0 saturated heterocycles. The normalized spacial score (nSPS) is 12.5. The SMILES string of the molecule is CC(C)C[C@H](CN)CC(=O)NCCC(=O)O. The molecule has 0 fully saturated rings. The maximum atomic E-state index is 11.4. The van der Waals surface area contributed by atoms with Crippen LogP contribution in [-0.2, 0) is 9.59 Å². The van der Waals surface area contributed by atoms with Crippen molar-refractivity contribution in [3.63, 3.8) is 0 Å². The van der Waals surface area contributed by atoms with Crippen LogP contribution in [0.4, 0.5) is 0 Å². The number of carbonyl (C=O) groups excluding carboxylic acids is 1. The molecule has 0 aromatic heterocycles. The maximum Gasteiger partial charge on any atom is 0.305 e. The number of carboxylic acids is 1. The van der Waals surface area contributed by atoms with Gasteiger partial charge >= 0.3 is 5.97 Å². The second-order valence-corrected chi connectivity index (χ2v) is 4.43. The molecule has 1 atom stereocenters. The number of nitrogens with one attached hydrogen (secondary N) is 1. The molecular weight excluding hydrogens is 208 g/mol. The van der Waals surface area contributed by atoms with E-state index in [-0.39, 0.29) is 24.8 Å². The van der Waals surface area contributed by atoms with Gasteiger partial charge in [-0.15, -0.1) is 0 Å². The van der Waals surface area contributed by atoms with Gasteiger partial charge < -0.3 is 16.2 Å². The van der Waals surface area contributed by atoms with E-state index in [1.807, 2.05) is 0 Å². The molecule has 0 aromatic carbocycles. The van der Waals surface area contributed by atoms with Crippen LogP contribution in [0, 0.1) is 11.8 Å². The topological polar surface area (TPSA) is 92.4 Å². The quantitative estimate of drug-likeness (QED) is 0.569. The monoisotopic (exact) mass is 230 g/mol. The fraction of sp³-hybridized carbons (Fsp3) is 0.818. The predicted molar refractivity (Wildman–Crippen MR) is 61.9 cm³/mol. The summed E-state index contributed by atoms with van der Waals surface area (Å²) in [5.74, 6) is -0.319. The second-order valence-electron chi connectivity index (χ2n) is 4.43. The highest BCUT2D eigenvalue weighted by atomic mass is 16.4. The van der Waals surface area contributed by atoms with Crippen LogP contribution < -0.4 is 11.1 Å². The Balaban J connectivity index is 3.78. The lowest BCUT2D eigenvalue weighted by Crippen LogP contribution is -2.30. The first kappa shape index (κ1) is 14.9. The molecule has 1 amide bonds. The van der Waals surface area contributed by atoms with Crippen LogP contribution >= 0.6 is 0 Å². The van der Waals surface area contributed by atoms with Gasteiger partial charge in [-0.1, -0.05) is 13.8 Å². The van der Waals surface area contributed by atoms with Gasteiger partial charge in [-0.25, -0.2) is 0 Å². The number of amides is 1. The smallest absolute Gasteiger partial charge is 0.305 e. The Morgan fingerprint density at radius 1 is 1.38 bits per heavy atom. The first-order valence-corrected chi connectivity index (χ1v) is 5.64. The van der Waals surface area contributed by atoms with Gasteiger partial charge in [0, 0.05) is 13.0 Å². The van der Waals surface area contributed by atoms with E-state index in [2.05, 4.69) is 19.2 Å². The number of carboxylic acid groups (broad SMARTS) is 1. The van der Waals surface area contributed by atoms with Crippen LogP contribution in [0.15, 0.2) is 0 Å². The minimum absolute atomic E-state index is 0.0385. The van der Waals surface area contributed by atoms with Gasteiger partial charge in [-0.2, -0.15) is 0 Å². The molecule has 0 radical (unpaired) electrons. The number of hydrogen-bond acceptors (Lipinski definition) is 3. The summed E-state index contributed by atoms with van der Waals surface area (Å²) in [7, 11) is 0. The average Bonchev–Trinajstić information content (AvgIpc) is 2.15. The molecule has 5 heteroatoms. The van der Waals surface area contributed by atoms with Crippen molar-refractivity contribution < 1.29 is 14.7 Å². The molecular formula is C11H22N2O3. The molecule has 0 aromatic rings. The highest BCUT2D eigenvalue weighted by Gasteiger charge is 2.13. The van der Waals surface area contributed by atoms with Crippen LogP contribution in [0.5, 0.6) is 0 Å². The van der Waals surface area contributed by atoms with Gasteiger partial charge in [0.25, 0.3) is 0 Å². The summed E-state index contributed by atoms with van der Waals surface area (Å²) in [4.78, 5) is 21.6. The van der Waals surface area contributed by atoms with Gasteiger partial charge in [0.15, 0.2) is 0 Å². The number of rotatable bonds is 8. The van der Waals surface area contributed by atoms with Gasteiger partial charge in [-0.3, -0.25) is 9.59 Å². The molecule has 0 saturated carbocycles. The van der Waals surface area contributed by atoms with Crippen molar-refractivity contribution in [3.05, 3.63) is 0 Å². The summed E-state index contributed by atoms with van der Waals surface area (Å²) in [6.07, 6.45) is 1.26. The first-order chi connectivity index (χ1) is 7.45. The largest absolute Gasteiger partial charge is 0.481 e. The molecule has 4 N–H and O–H groups in total. The lowest BCUT2D eigenvalue weighted by Gasteiger charge is -2.16. The number of aliphatic carboxylic acids is 1. The molecule has 0 spiro atoms. The molecule has 0 aliphatic heterocycles. The Morgan fingerprint density at radius 2 is 2.00 bits per heavy atom. The standard InChI is InChI=1S/C11H22N2O3/c1-8(2)5-9(7-12)6-10(14)13-4-3-11(15)16/h8-9H,3-7,12H2,1-2H3,(H,13,14)(H,15,16)/t9-/m0/s1. The van der Waals surface area contributed by atoms with Crippen LogP contribution in [0.2, 0.25) is 0 Å². The molecule has 0 unspecified atom stereocenters. The van der Waals surface area contributed by atoms with E-state index in [4.69, 9.17) is 10.8 Å². The van der Waals surface area contributed by atoms with Crippen molar-refractivity contribution >= 4 is 11.9 Å². The summed E-state index contributed by atoms with van der Waals surface area (Å²) >= 11 is 0. The third kappa shape index (κ3) is 8.23. The van der Waals surface area contributed by atoms with Crippen LogP contribution in [0.1, 0.15) is 33.1 Å². The summed E-state index contributed by atoms with van der Waals surface area (Å²) in [5, 5.41) is 11.0. The van der Waals surface area contributed by atoms with E-state index >= 15 is 0 Å². The minimum atomic E-state index is -0.905. The summed E-state index contributed by atoms with van der Waals surface area (Å²) in [6, 6.07) is 0. The van der Waals surface area contributed by atoms with Crippen molar-refractivity contribution in [1.29, 1.82) is 0 Å². The predicted octanol–water partition coefficient (Wildman–Crippen LogP) is 0.588. The molecule has 0 rings (SSSR count). The van der Waals surface area contributed by atoms with E-state index in [9.17, 15) is 9.59 Å². The summed E-state index contributed by atoms with van der Waals surface area (Å²) in [6.45, 7) is 4.85. The van der Waals surface area contributed by atoms with Crippen molar-refractivity contribution in [2.24, 2.45) is 17.6 Å². The molecule has 0 aliphatic carbocycles. The van der Waals surface area contributed by atoms with Crippen molar-refractivity contribution in [2.75, 3.05) is 13.1 Å². The van der Waals surface area contributed by atoms with Crippen molar-refractivity contribution in [1.82, 2.24) is 5.32 Å². The van der Waals surface area contributed by atoms with Crippen molar-refractivity contribution in [2.45, 2.75) is 33.1 Å². The Hall–Kier alpha value is -1.10.